The maximum absolute atomic E-state index is 5.22. The van der Waals surface area contributed by atoms with Gasteiger partial charge in [0.25, 0.3) is 0 Å². The molecular weight excluding hydrogens is 134 g/mol. The number of hydrogen-bond acceptors (Lipinski definition) is 1. The summed E-state index contributed by atoms with van der Waals surface area (Å²) in [6, 6.07) is 0. The van der Waals surface area contributed by atoms with Crippen LogP contribution in [0.3, 0.4) is 0 Å². The van der Waals surface area contributed by atoms with E-state index in [0.717, 1.165) is 12.3 Å². The lowest BCUT2D eigenvalue weighted by atomic mass is 10.1. The Morgan fingerprint density at radius 2 is 1.91 bits per heavy atom. The molecule has 0 saturated carbocycles. The predicted octanol–water partition coefficient (Wildman–Crippen LogP) is 2.16. The molecule has 0 amide bonds. The van der Waals surface area contributed by atoms with Crippen molar-refractivity contribution >= 4 is 0 Å². The van der Waals surface area contributed by atoms with E-state index in [9.17, 15) is 0 Å². The molecule has 0 aliphatic heterocycles. The largest absolute Gasteiger partial charge is 0.320 e. The summed E-state index contributed by atoms with van der Waals surface area (Å²) in [5.41, 5.74) is 5.22. The summed E-state index contributed by atoms with van der Waals surface area (Å²) < 4.78 is 0. The second kappa shape index (κ2) is 7.63. The van der Waals surface area contributed by atoms with Crippen LogP contribution in [-0.4, -0.2) is 6.54 Å². The van der Waals surface area contributed by atoms with Gasteiger partial charge >= 0.3 is 0 Å². The Hall–Kier alpha value is -0.480. The molecule has 0 aliphatic rings. The van der Waals surface area contributed by atoms with Crippen LogP contribution in [0.15, 0.2) is 0 Å². The quantitative estimate of drug-likeness (QED) is 0.486. The lowest BCUT2D eigenvalue weighted by molar-refractivity contribution is 0.542. The van der Waals surface area contributed by atoms with Crippen LogP contribution in [-0.2, 0) is 0 Å². The third kappa shape index (κ3) is 9.52. The summed E-state index contributed by atoms with van der Waals surface area (Å²) in [4.78, 5) is 0. The highest BCUT2D eigenvalue weighted by atomic mass is 14.5. The molecule has 64 valence electrons. The van der Waals surface area contributed by atoms with E-state index < -0.39 is 0 Å². The van der Waals surface area contributed by atoms with E-state index in [-0.39, 0.29) is 0 Å². The summed E-state index contributed by atoms with van der Waals surface area (Å²) in [6.45, 7) is 5.02. The normalized spacial score (nSPS) is 9.45. The molecule has 11 heavy (non-hydrogen) atoms. The topological polar surface area (TPSA) is 26.0 Å². The Balaban J connectivity index is 3.02. The number of nitrogens with two attached hydrogens (primary N) is 1. The maximum Gasteiger partial charge on any atom is 0.0551 e. The van der Waals surface area contributed by atoms with Crippen LogP contribution in [0.25, 0.3) is 0 Å². The molecule has 0 aromatic carbocycles. The van der Waals surface area contributed by atoms with E-state index >= 15 is 0 Å². The van der Waals surface area contributed by atoms with E-state index in [1.807, 2.05) is 0 Å². The van der Waals surface area contributed by atoms with Crippen LogP contribution in [0.1, 0.15) is 39.5 Å². The second-order valence-electron chi connectivity index (χ2n) is 3.20. The standard InChI is InChI=1S/C10H19N/c1-10(2)8-6-4-3-5-7-9-11/h10H,3-4,6,8-9,11H2,1-2H3. The molecule has 0 saturated heterocycles. The minimum absolute atomic E-state index is 0.504. The molecule has 0 aliphatic carbocycles. The van der Waals surface area contributed by atoms with Crippen LogP contribution < -0.4 is 5.73 Å². The molecule has 0 aromatic rings. The SMILES string of the molecule is CC(C)CCCCC#CCN. The van der Waals surface area contributed by atoms with Crippen LogP contribution in [0.5, 0.6) is 0 Å². The summed E-state index contributed by atoms with van der Waals surface area (Å²) in [5.74, 6) is 6.73. The molecule has 0 aromatic heterocycles. The highest BCUT2D eigenvalue weighted by molar-refractivity contribution is 4.99. The first-order valence-corrected chi connectivity index (χ1v) is 4.43. The van der Waals surface area contributed by atoms with Crippen molar-refractivity contribution in [2.45, 2.75) is 39.5 Å². The fourth-order valence-corrected chi connectivity index (χ4v) is 0.927. The van der Waals surface area contributed by atoms with Gasteiger partial charge < -0.3 is 5.73 Å². The van der Waals surface area contributed by atoms with Crippen molar-refractivity contribution in [2.24, 2.45) is 11.7 Å². The molecule has 0 bridgehead atoms. The first-order valence-electron chi connectivity index (χ1n) is 4.43. The van der Waals surface area contributed by atoms with Crippen LogP contribution in [0.2, 0.25) is 0 Å². The number of unbranched alkanes of at least 4 members (excludes halogenated alkanes) is 2. The summed E-state index contributed by atoms with van der Waals surface area (Å²) in [5, 5.41) is 0. The van der Waals surface area contributed by atoms with E-state index in [4.69, 9.17) is 5.73 Å². The van der Waals surface area contributed by atoms with Gasteiger partial charge in [0.15, 0.2) is 0 Å². The van der Waals surface area contributed by atoms with Crippen LogP contribution in [0.4, 0.5) is 0 Å². The molecular formula is C10H19N. The van der Waals surface area contributed by atoms with Gasteiger partial charge in [-0.1, -0.05) is 32.6 Å². The number of rotatable bonds is 4. The third-order valence-corrected chi connectivity index (χ3v) is 1.56. The van der Waals surface area contributed by atoms with Crippen molar-refractivity contribution < 1.29 is 0 Å². The zero-order chi connectivity index (χ0) is 8.53. The highest BCUT2D eigenvalue weighted by Crippen LogP contribution is 2.06. The Bertz CT molecular complexity index is 128. The first-order chi connectivity index (χ1) is 5.27. The second-order valence-corrected chi connectivity index (χ2v) is 3.20. The lowest BCUT2D eigenvalue weighted by Gasteiger charge is -2.00. The molecule has 0 radical (unpaired) electrons. The van der Waals surface area contributed by atoms with Gasteiger partial charge in [-0.15, -0.1) is 5.92 Å². The highest BCUT2D eigenvalue weighted by Gasteiger charge is 1.91. The third-order valence-electron chi connectivity index (χ3n) is 1.56. The molecule has 0 spiro atoms. The predicted molar refractivity (Wildman–Crippen MR) is 50.1 cm³/mol. The van der Waals surface area contributed by atoms with E-state index in [2.05, 4.69) is 25.7 Å². The summed E-state index contributed by atoms with van der Waals surface area (Å²) in [7, 11) is 0. The first kappa shape index (κ1) is 10.5. The minimum atomic E-state index is 0.504. The molecule has 0 fully saturated rings. The zero-order valence-corrected chi connectivity index (χ0v) is 7.69. The van der Waals surface area contributed by atoms with E-state index in [0.29, 0.717) is 6.54 Å². The van der Waals surface area contributed by atoms with Gasteiger partial charge in [0.1, 0.15) is 0 Å². The van der Waals surface area contributed by atoms with Gasteiger partial charge in [-0.2, -0.15) is 0 Å². The minimum Gasteiger partial charge on any atom is -0.320 e. The number of hydrogen-bond donors (Lipinski definition) is 1. The smallest absolute Gasteiger partial charge is 0.0551 e. The zero-order valence-electron chi connectivity index (χ0n) is 7.69. The van der Waals surface area contributed by atoms with Crippen LogP contribution in [0, 0.1) is 17.8 Å². The lowest BCUT2D eigenvalue weighted by Crippen LogP contribution is -1.92. The fraction of sp³-hybridized carbons (Fsp3) is 0.800. The Kier molecular flexibility index (Phi) is 7.29. The fourth-order valence-electron chi connectivity index (χ4n) is 0.927. The Morgan fingerprint density at radius 3 is 2.45 bits per heavy atom. The molecule has 2 N–H and O–H groups in total. The van der Waals surface area contributed by atoms with Crippen molar-refractivity contribution in [1.29, 1.82) is 0 Å². The molecule has 0 unspecified atom stereocenters. The van der Waals surface area contributed by atoms with Gasteiger partial charge in [0.05, 0.1) is 6.54 Å². The van der Waals surface area contributed by atoms with Gasteiger partial charge in [-0.25, -0.2) is 0 Å². The average Bonchev–Trinajstić information content (AvgIpc) is 1.96. The molecule has 0 rings (SSSR count). The van der Waals surface area contributed by atoms with Crippen LogP contribution >= 0.6 is 0 Å². The summed E-state index contributed by atoms with van der Waals surface area (Å²) in [6.07, 6.45) is 4.87. The Morgan fingerprint density at radius 1 is 1.18 bits per heavy atom. The van der Waals surface area contributed by atoms with Gasteiger partial charge in [0, 0.05) is 6.42 Å². The molecule has 1 nitrogen and oxygen atoms in total. The van der Waals surface area contributed by atoms with Crippen molar-refractivity contribution in [3.63, 3.8) is 0 Å². The van der Waals surface area contributed by atoms with E-state index in [1.54, 1.807) is 0 Å². The van der Waals surface area contributed by atoms with Crippen molar-refractivity contribution in [3.05, 3.63) is 0 Å². The van der Waals surface area contributed by atoms with Crippen molar-refractivity contribution in [3.8, 4) is 11.8 Å². The summed E-state index contributed by atoms with van der Waals surface area (Å²) >= 11 is 0. The van der Waals surface area contributed by atoms with Gasteiger partial charge in [0.2, 0.25) is 0 Å². The van der Waals surface area contributed by atoms with Crippen molar-refractivity contribution in [2.75, 3.05) is 6.54 Å². The molecule has 0 heterocycles. The maximum atomic E-state index is 5.22. The molecule has 1 heteroatoms. The van der Waals surface area contributed by atoms with E-state index in [1.165, 1.54) is 19.3 Å². The monoisotopic (exact) mass is 153 g/mol. The van der Waals surface area contributed by atoms with Crippen molar-refractivity contribution in [1.82, 2.24) is 0 Å². The Labute approximate surface area is 70.4 Å². The van der Waals surface area contributed by atoms with Gasteiger partial charge in [-0.3, -0.25) is 0 Å². The average molecular weight is 153 g/mol. The van der Waals surface area contributed by atoms with Gasteiger partial charge in [-0.05, 0) is 12.3 Å². The molecule has 0 atom stereocenters.